The summed E-state index contributed by atoms with van der Waals surface area (Å²) in [5.41, 5.74) is 2.22. The maximum Gasteiger partial charge on any atom is 0.333 e. The molecule has 1 aliphatic rings. The largest absolute Gasteiger partial charge is 0.463 e. The Kier molecular flexibility index (Phi) is 4.84. The molecule has 0 aromatic heterocycles. The van der Waals surface area contributed by atoms with Crippen molar-refractivity contribution in [3.63, 3.8) is 0 Å². The standard InChI is InChI=1S/C15H17NO3S/c1-3-19-15(18)8-14-16(13(17)10-20-14)9-12-6-4-11(2)5-7-12/h4-8H,3,9-10H2,1-2H3. The van der Waals surface area contributed by atoms with Crippen LogP contribution in [0.2, 0.25) is 0 Å². The molecule has 0 spiro atoms. The quantitative estimate of drug-likeness (QED) is 0.631. The van der Waals surface area contributed by atoms with E-state index in [1.807, 2.05) is 31.2 Å². The van der Waals surface area contributed by atoms with Gasteiger partial charge in [0.2, 0.25) is 5.91 Å². The van der Waals surface area contributed by atoms with Gasteiger partial charge in [-0.3, -0.25) is 4.79 Å². The third-order valence-corrected chi connectivity index (χ3v) is 3.93. The summed E-state index contributed by atoms with van der Waals surface area (Å²) in [6, 6.07) is 8.01. The van der Waals surface area contributed by atoms with Gasteiger partial charge >= 0.3 is 5.97 Å². The molecule has 5 heteroatoms. The van der Waals surface area contributed by atoms with Crippen LogP contribution in [0.25, 0.3) is 0 Å². The highest BCUT2D eigenvalue weighted by Gasteiger charge is 2.27. The van der Waals surface area contributed by atoms with Crippen LogP contribution in [0.1, 0.15) is 18.1 Å². The molecule has 1 aromatic rings. The number of thioether (sulfide) groups is 1. The van der Waals surface area contributed by atoms with Crippen LogP contribution in [-0.4, -0.2) is 29.1 Å². The zero-order valence-corrected chi connectivity index (χ0v) is 12.4. The summed E-state index contributed by atoms with van der Waals surface area (Å²) >= 11 is 1.37. The smallest absolute Gasteiger partial charge is 0.333 e. The van der Waals surface area contributed by atoms with Gasteiger partial charge in [-0.25, -0.2) is 4.79 Å². The van der Waals surface area contributed by atoms with E-state index in [0.29, 0.717) is 23.9 Å². The van der Waals surface area contributed by atoms with Crippen LogP contribution in [0, 0.1) is 6.92 Å². The van der Waals surface area contributed by atoms with Gasteiger partial charge in [0.1, 0.15) is 0 Å². The highest BCUT2D eigenvalue weighted by Crippen LogP contribution is 2.30. The number of benzene rings is 1. The van der Waals surface area contributed by atoms with Crippen molar-refractivity contribution in [1.29, 1.82) is 0 Å². The third kappa shape index (κ3) is 3.63. The van der Waals surface area contributed by atoms with Crippen LogP contribution in [0.5, 0.6) is 0 Å². The summed E-state index contributed by atoms with van der Waals surface area (Å²) in [7, 11) is 0. The normalized spacial score (nSPS) is 16.8. The SMILES string of the molecule is CCOC(=O)C=C1SCC(=O)N1Cc1ccc(C)cc1. The Morgan fingerprint density at radius 3 is 2.75 bits per heavy atom. The van der Waals surface area contributed by atoms with Gasteiger partial charge in [-0.1, -0.05) is 41.6 Å². The molecule has 0 N–H and O–H groups in total. The van der Waals surface area contributed by atoms with Crippen molar-refractivity contribution < 1.29 is 14.3 Å². The maximum absolute atomic E-state index is 11.9. The highest BCUT2D eigenvalue weighted by atomic mass is 32.2. The fraction of sp³-hybridized carbons (Fsp3) is 0.333. The van der Waals surface area contributed by atoms with E-state index >= 15 is 0 Å². The summed E-state index contributed by atoms with van der Waals surface area (Å²) < 4.78 is 4.89. The Hall–Kier alpha value is -1.75. The van der Waals surface area contributed by atoms with Crippen molar-refractivity contribution in [1.82, 2.24) is 4.90 Å². The summed E-state index contributed by atoms with van der Waals surface area (Å²) in [4.78, 5) is 25.0. The number of carbonyl (C=O) groups is 2. The molecule has 1 heterocycles. The summed E-state index contributed by atoms with van der Waals surface area (Å²) in [6.07, 6.45) is 1.40. The van der Waals surface area contributed by atoms with Crippen molar-refractivity contribution in [2.75, 3.05) is 12.4 Å². The first-order valence-corrected chi connectivity index (χ1v) is 7.46. The van der Waals surface area contributed by atoms with E-state index in [1.165, 1.54) is 23.4 Å². The van der Waals surface area contributed by atoms with Crippen LogP contribution < -0.4 is 0 Å². The maximum atomic E-state index is 11.9. The Labute approximate surface area is 122 Å². The Bertz CT molecular complexity index is 537. The van der Waals surface area contributed by atoms with Gasteiger partial charge < -0.3 is 9.64 Å². The molecular formula is C15H17NO3S. The average Bonchev–Trinajstić information content (AvgIpc) is 2.74. The van der Waals surface area contributed by atoms with E-state index in [1.54, 1.807) is 11.8 Å². The first-order chi connectivity index (χ1) is 9.60. The lowest BCUT2D eigenvalue weighted by atomic mass is 10.1. The summed E-state index contributed by atoms with van der Waals surface area (Å²) in [5, 5.41) is 0.661. The molecule has 0 saturated carbocycles. The van der Waals surface area contributed by atoms with Gasteiger partial charge in [0.15, 0.2) is 0 Å². The number of aryl methyl sites for hydroxylation is 1. The van der Waals surface area contributed by atoms with E-state index in [2.05, 4.69) is 0 Å². The Balaban J connectivity index is 2.12. The van der Waals surface area contributed by atoms with Crippen LogP contribution in [0.3, 0.4) is 0 Å². The topological polar surface area (TPSA) is 46.6 Å². The van der Waals surface area contributed by atoms with Gasteiger partial charge in [-0.15, -0.1) is 0 Å². The Morgan fingerprint density at radius 1 is 1.40 bits per heavy atom. The molecule has 1 fully saturated rings. The van der Waals surface area contributed by atoms with Gasteiger partial charge in [-0.05, 0) is 19.4 Å². The summed E-state index contributed by atoms with van der Waals surface area (Å²) in [6.45, 7) is 4.59. The van der Waals surface area contributed by atoms with E-state index < -0.39 is 5.97 Å². The average molecular weight is 291 g/mol. The van der Waals surface area contributed by atoms with Crippen LogP contribution in [0.4, 0.5) is 0 Å². The number of carbonyl (C=O) groups excluding carboxylic acids is 2. The number of amides is 1. The lowest BCUT2D eigenvalue weighted by Crippen LogP contribution is -2.24. The summed E-state index contributed by atoms with van der Waals surface area (Å²) in [5.74, 6) is -0.0124. The second-order valence-electron chi connectivity index (χ2n) is 4.49. The van der Waals surface area contributed by atoms with Crippen molar-refractivity contribution >= 4 is 23.6 Å². The number of rotatable bonds is 4. The number of esters is 1. The highest BCUT2D eigenvalue weighted by molar-refractivity contribution is 8.04. The molecule has 0 bridgehead atoms. The third-order valence-electron chi connectivity index (χ3n) is 2.90. The van der Waals surface area contributed by atoms with E-state index in [9.17, 15) is 9.59 Å². The molecule has 0 aliphatic carbocycles. The van der Waals surface area contributed by atoms with E-state index in [4.69, 9.17) is 4.74 Å². The second-order valence-corrected chi connectivity index (χ2v) is 5.48. The Morgan fingerprint density at radius 2 is 2.10 bits per heavy atom. The predicted octanol–water partition coefficient (Wildman–Crippen LogP) is 2.47. The fourth-order valence-corrected chi connectivity index (χ4v) is 2.79. The molecule has 0 unspecified atom stereocenters. The van der Waals surface area contributed by atoms with Gasteiger partial charge in [0, 0.05) is 0 Å². The molecule has 1 saturated heterocycles. The van der Waals surface area contributed by atoms with Gasteiger partial charge in [0.05, 0.1) is 30.0 Å². The number of nitrogens with zero attached hydrogens (tertiary/aromatic N) is 1. The second kappa shape index (κ2) is 6.61. The van der Waals surface area contributed by atoms with Crippen LogP contribution in [0.15, 0.2) is 35.4 Å². The molecule has 0 radical (unpaired) electrons. The minimum absolute atomic E-state index is 0.0196. The molecule has 20 heavy (non-hydrogen) atoms. The zero-order chi connectivity index (χ0) is 14.5. The molecule has 1 aromatic carbocycles. The van der Waals surface area contributed by atoms with Crippen molar-refractivity contribution in [3.05, 3.63) is 46.5 Å². The number of hydrogen-bond acceptors (Lipinski definition) is 4. The zero-order valence-electron chi connectivity index (χ0n) is 11.6. The molecule has 2 rings (SSSR count). The fourth-order valence-electron chi connectivity index (χ4n) is 1.86. The lowest BCUT2D eigenvalue weighted by molar-refractivity contribution is -0.137. The van der Waals surface area contributed by atoms with Gasteiger partial charge in [0.25, 0.3) is 0 Å². The number of hydrogen-bond donors (Lipinski definition) is 0. The van der Waals surface area contributed by atoms with Crippen molar-refractivity contribution in [2.24, 2.45) is 0 Å². The minimum Gasteiger partial charge on any atom is -0.463 e. The van der Waals surface area contributed by atoms with Gasteiger partial charge in [-0.2, -0.15) is 0 Å². The minimum atomic E-state index is -0.404. The van der Waals surface area contributed by atoms with Crippen molar-refractivity contribution in [2.45, 2.75) is 20.4 Å². The molecule has 106 valence electrons. The molecule has 1 aliphatic heterocycles. The van der Waals surface area contributed by atoms with E-state index in [0.717, 1.165) is 5.56 Å². The first-order valence-electron chi connectivity index (χ1n) is 6.47. The van der Waals surface area contributed by atoms with Crippen molar-refractivity contribution in [3.8, 4) is 0 Å². The molecule has 1 amide bonds. The first kappa shape index (κ1) is 14.7. The number of ether oxygens (including phenoxy) is 1. The predicted molar refractivity (Wildman–Crippen MR) is 78.9 cm³/mol. The van der Waals surface area contributed by atoms with Crippen LogP contribution in [-0.2, 0) is 20.9 Å². The van der Waals surface area contributed by atoms with E-state index in [-0.39, 0.29) is 5.91 Å². The molecular weight excluding hydrogens is 274 g/mol. The lowest BCUT2D eigenvalue weighted by Gasteiger charge is -2.17. The van der Waals surface area contributed by atoms with Crippen LogP contribution >= 0.6 is 11.8 Å². The molecule has 4 nitrogen and oxygen atoms in total. The monoisotopic (exact) mass is 291 g/mol. The molecule has 0 atom stereocenters.